The summed E-state index contributed by atoms with van der Waals surface area (Å²) in [5, 5.41) is 11.7. The van der Waals surface area contributed by atoms with Crippen molar-refractivity contribution in [2.75, 3.05) is 20.3 Å². The smallest absolute Gasteiger partial charge is 1.00 e. The van der Waals surface area contributed by atoms with Crippen molar-refractivity contribution in [3.05, 3.63) is 23.7 Å². The first-order valence-corrected chi connectivity index (χ1v) is 5.86. The van der Waals surface area contributed by atoms with E-state index < -0.39 is 11.2 Å². The van der Waals surface area contributed by atoms with Gasteiger partial charge in [0.25, 0.3) is 0 Å². The van der Waals surface area contributed by atoms with Crippen LogP contribution in [-0.4, -0.2) is 26.1 Å². The summed E-state index contributed by atoms with van der Waals surface area (Å²) in [4.78, 5) is 0. The fraction of sp³-hybridized carbons (Fsp3) is 0.692. The first kappa shape index (κ1) is 18.9. The van der Waals surface area contributed by atoms with Gasteiger partial charge >= 0.3 is 19.5 Å². The molecule has 1 aliphatic carbocycles. The Morgan fingerprint density at radius 3 is 2.32 bits per heavy atom. The summed E-state index contributed by atoms with van der Waals surface area (Å²) >= 11 is 0. The van der Waals surface area contributed by atoms with Gasteiger partial charge in [0, 0.05) is 11.8 Å². The molecule has 2 aliphatic rings. The third kappa shape index (κ3) is 2.85. The van der Waals surface area contributed by atoms with Crippen molar-refractivity contribution in [1.29, 1.82) is 0 Å². The molecule has 0 aromatic rings. The minimum atomic E-state index is -0.623. The fourth-order valence-corrected chi connectivity index (χ4v) is 2.67. The van der Waals surface area contributed by atoms with E-state index in [4.69, 9.17) is 14.2 Å². The molecule has 0 aromatic carbocycles. The summed E-state index contributed by atoms with van der Waals surface area (Å²) in [7, 11) is 1.39. The summed E-state index contributed by atoms with van der Waals surface area (Å²) < 4.78 is 16.3. The molecular formula is C13H19ClO4Zn. The molecule has 0 unspecified atom stereocenters. The zero-order valence-corrected chi connectivity index (χ0v) is 15.5. The molecular weight excluding hydrogens is 321 g/mol. The van der Waals surface area contributed by atoms with Gasteiger partial charge in [-0.3, -0.25) is 0 Å². The molecule has 6 heteroatoms. The van der Waals surface area contributed by atoms with Crippen LogP contribution in [0.25, 0.3) is 0 Å². The molecule has 4 nitrogen and oxygen atoms in total. The number of halogens is 1. The maximum absolute atomic E-state index is 11.7. The van der Waals surface area contributed by atoms with Crippen molar-refractivity contribution in [3.63, 3.8) is 0 Å². The van der Waals surface area contributed by atoms with Crippen LogP contribution < -0.4 is 17.5 Å². The molecule has 0 radical (unpaired) electrons. The van der Waals surface area contributed by atoms with E-state index in [1.807, 2.05) is 13.8 Å². The molecule has 1 saturated heterocycles. The zero-order chi connectivity index (χ0) is 12.7. The molecule has 1 saturated carbocycles. The van der Waals surface area contributed by atoms with Crippen molar-refractivity contribution >= 4 is 0 Å². The zero-order valence-electron chi connectivity index (χ0n) is 11.8. The van der Waals surface area contributed by atoms with E-state index >= 15 is 0 Å². The number of hydrogen-bond acceptors (Lipinski definition) is 4. The van der Waals surface area contributed by atoms with Crippen LogP contribution in [0.3, 0.4) is 0 Å². The Kier molecular flexibility index (Phi) is 6.55. The Labute approximate surface area is 133 Å². The van der Waals surface area contributed by atoms with E-state index in [9.17, 15) is 5.11 Å². The molecule has 2 fully saturated rings. The van der Waals surface area contributed by atoms with E-state index in [0.29, 0.717) is 31.6 Å². The number of ether oxygens (including phenoxy) is 3. The third-order valence-electron chi connectivity index (χ3n) is 3.96. The summed E-state index contributed by atoms with van der Waals surface area (Å²) in [6, 6.07) is 0. The molecule has 0 N–H and O–H groups in total. The molecule has 0 atom stereocenters. The Bertz CT molecular complexity index is 373. The van der Waals surface area contributed by atoms with Crippen LogP contribution in [0, 0.1) is 5.41 Å². The second-order valence-corrected chi connectivity index (χ2v) is 5.02. The summed E-state index contributed by atoms with van der Waals surface area (Å²) in [6.07, 6.45) is 1.26. The van der Waals surface area contributed by atoms with Crippen molar-refractivity contribution in [1.82, 2.24) is 0 Å². The minimum absolute atomic E-state index is 0. The van der Waals surface area contributed by atoms with Crippen molar-refractivity contribution in [2.45, 2.75) is 32.5 Å². The first-order chi connectivity index (χ1) is 7.94. The van der Waals surface area contributed by atoms with Crippen molar-refractivity contribution in [2.24, 2.45) is 5.41 Å². The Morgan fingerprint density at radius 2 is 1.84 bits per heavy atom. The number of allylic oxidation sites excluding steroid dienone is 1. The van der Waals surface area contributed by atoms with Gasteiger partial charge in [0.1, 0.15) is 0 Å². The maximum atomic E-state index is 11.7. The van der Waals surface area contributed by atoms with E-state index in [1.54, 1.807) is 0 Å². The van der Waals surface area contributed by atoms with Gasteiger partial charge in [-0.2, -0.15) is 0 Å². The van der Waals surface area contributed by atoms with Crippen LogP contribution in [0.2, 0.25) is 0 Å². The number of methoxy groups -OCH3 is 1. The van der Waals surface area contributed by atoms with Crippen LogP contribution >= 0.6 is 0 Å². The molecule has 1 aliphatic heterocycles. The van der Waals surface area contributed by atoms with Gasteiger partial charge in [-0.25, -0.2) is 0 Å². The number of hydrogen-bond donors (Lipinski definition) is 0. The third-order valence-corrected chi connectivity index (χ3v) is 3.96. The molecule has 0 aromatic heterocycles. The maximum Gasteiger partial charge on any atom is 2.00 e. The molecule has 1 spiro atoms. The van der Waals surface area contributed by atoms with Crippen molar-refractivity contribution < 1.29 is 51.2 Å². The molecule has 104 valence electrons. The van der Waals surface area contributed by atoms with Gasteiger partial charge in [0.15, 0.2) is 5.79 Å². The van der Waals surface area contributed by atoms with Gasteiger partial charge in [0.05, 0.1) is 19.2 Å². The van der Waals surface area contributed by atoms with E-state index in [-0.39, 0.29) is 37.8 Å². The average Bonchev–Trinajstić information content (AvgIpc) is 2.77. The molecule has 19 heavy (non-hydrogen) atoms. The van der Waals surface area contributed by atoms with Crippen LogP contribution in [0.15, 0.2) is 23.7 Å². The quantitative estimate of drug-likeness (QED) is 0.423. The molecule has 1 heterocycles. The minimum Gasteiger partial charge on any atom is -1.00 e. The Morgan fingerprint density at radius 1 is 1.32 bits per heavy atom. The predicted octanol–water partition coefficient (Wildman–Crippen LogP) is -1.67. The molecule has 2 rings (SSSR count). The summed E-state index contributed by atoms with van der Waals surface area (Å²) in [5.74, 6) is -0.919. The summed E-state index contributed by atoms with van der Waals surface area (Å²) in [6.45, 7) is 9.25. The average molecular weight is 340 g/mol. The van der Waals surface area contributed by atoms with Gasteiger partial charge in [-0.1, -0.05) is 20.4 Å². The largest absolute Gasteiger partial charge is 2.00 e. The number of rotatable bonds is 1. The molecule has 0 amide bonds. The normalized spacial score (nSPS) is 26.4. The fourth-order valence-electron chi connectivity index (χ4n) is 2.67. The van der Waals surface area contributed by atoms with Crippen LogP contribution in [0.5, 0.6) is 0 Å². The molecule has 0 bridgehead atoms. The monoisotopic (exact) mass is 338 g/mol. The van der Waals surface area contributed by atoms with Crippen LogP contribution in [0.4, 0.5) is 0 Å². The van der Waals surface area contributed by atoms with E-state index in [0.717, 1.165) is 5.57 Å². The van der Waals surface area contributed by atoms with E-state index in [1.165, 1.54) is 7.11 Å². The van der Waals surface area contributed by atoms with E-state index in [2.05, 4.69) is 6.58 Å². The predicted molar refractivity (Wildman–Crippen MR) is 60.8 cm³/mol. The van der Waals surface area contributed by atoms with Gasteiger partial charge < -0.3 is 31.7 Å². The second-order valence-electron chi connectivity index (χ2n) is 5.02. The van der Waals surface area contributed by atoms with Crippen LogP contribution in [-0.2, 0) is 33.7 Å². The Balaban J connectivity index is 0.00000162. The second kappa shape index (κ2) is 6.58. The summed E-state index contributed by atoms with van der Waals surface area (Å²) in [5.41, 5.74) is 1.00. The van der Waals surface area contributed by atoms with Crippen LogP contribution in [0.1, 0.15) is 26.7 Å². The van der Waals surface area contributed by atoms with Crippen molar-refractivity contribution in [3.8, 4) is 0 Å². The topological polar surface area (TPSA) is 50.8 Å². The van der Waals surface area contributed by atoms with Gasteiger partial charge in [-0.05, 0) is 24.7 Å². The first-order valence-electron chi connectivity index (χ1n) is 5.86. The van der Waals surface area contributed by atoms with Gasteiger partial charge in [-0.15, -0.1) is 0 Å². The SMILES string of the molecule is C=C1/C(=C(/[O-])OC)CCC2(OCCO2)C1(C)C.[Cl-].[Zn+2]. The Hall–Kier alpha value is -0.0866. The standard InChI is InChI=1S/C13H20O4.ClH.Zn/c1-9-10(11(14)15-4)5-6-13(12(9,2)3)16-7-8-17-13;;/h14H,1,5-8H2,2-4H3;1H;/q;;+2/p-2/b11-10-;;. The van der Waals surface area contributed by atoms with Gasteiger partial charge in [0.2, 0.25) is 0 Å².